The maximum Gasteiger partial charge on any atom is 0.130 e. The molecule has 1 aliphatic rings. The van der Waals surface area contributed by atoms with E-state index in [-0.39, 0.29) is 0 Å². The van der Waals surface area contributed by atoms with Crippen LogP contribution in [0.3, 0.4) is 0 Å². The van der Waals surface area contributed by atoms with Crippen LogP contribution in [-0.2, 0) is 6.42 Å². The van der Waals surface area contributed by atoms with Crippen LogP contribution in [0.15, 0.2) is 23.2 Å². The number of nitrogens with zero attached hydrogens (tertiary/aromatic N) is 1. The number of rotatable bonds is 2. The van der Waals surface area contributed by atoms with Gasteiger partial charge in [0.05, 0.1) is 5.69 Å². The van der Waals surface area contributed by atoms with Crippen molar-refractivity contribution in [2.75, 3.05) is 11.5 Å². The van der Waals surface area contributed by atoms with Crippen LogP contribution in [0.2, 0.25) is 5.02 Å². The van der Waals surface area contributed by atoms with Crippen molar-refractivity contribution in [1.29, 1.82) is 0 Å². The van der Waals surface area contributed by atoms with Gasteiger partial charge in [-0.2, -0.15) is 0 Å². The molecule has 1 heterocycles. The third-order valence-electron chi connectivity index (χ3n) is 2.17. The molecule has 1 saturated heterocycles. The molecular formula is C11H12ClNS2. The Bertz CT molecular complexity index is 382. The average molecular weight is 258 g/mol. The molecule has 0 aliphatic carbocycles. The molecule has 0 aromatic heterocycles. The Morgan fingerprint density at radius 2 is 2.07 bits per heavy atom. The predicted molar refractivity (Wildman–Crippen MR) is 72.8 cm³/mol. The number of thioether (sulfide) groups is 2. The van der Waals surface area contributed by atoms with Crippen LogP contribution in [0.1, 0.15) is 12.5 Å². The molecule has 1 aromatic rings. The molecule has 0 amide bonds. The van der Waals surface area contributed by atoms with Crippen LogP contribution in [0.5, 0.6) is 0 Å². The fourth-order valence-corrected chi connectivity index (χ4v) is 3.78. The van der Waals surface area contributed by atoms with Gasteiger partial charge in [0.1, 0.15) is 4.38 Å². The molecule has 2 rings (SSSR count). The van der Waals surface area contributed by atoms with Gasteiger partial charge in [0.25, 0.3) is 0 Å². The van der Waals surface area contributed by atoms with E-state index in [9.17, 15) is 0 Å². The van der Waals surface area contributed by atoms with E-state index in [1.807, 2.05) is 41.7 Å². The summed E-state index contributed by atoms with van der Waals surface area (Å²) < 4.78 is 1.19. The number of aryl methyl sites for hydroxylation is 1. The molecule has 1 nitrogen and oxygen atoms in total. The van der Waals surface area contributed by atoms with Crippen molar-refractivity contribution in [3.8, 4) is 0 Å². The topological polar surface area (TPSA) is 12.4 Å². The Morgan fingerprint density at radius 1 is 1.33 bits per heavy atom. The second-order valence-electron chi connectivity index (χ2n) is 3.20. The van der Waals surface area contributed by atoms with Crippen LogP contribution < -0.4 is 0 Å². The Labute approximate surface area is 104 Å². The predicted octanol–water partition coefficient (Wildman–Crippen LogP) is 4.37. The summed E-state index contributed by atoms with van der Waals surface area (Å²) in [7, 11) is 0. The first kappa shape index (κ1) is 11.4. The second kappa shape index (κ2) is 5.28. The van der Waals surface area contributed by atoms with Crippen molar-refractivity contribution in [3.05, 3.63) is 28.8 Å². The monoisotopic (exact) mass is 257 g/mol. The van der Waals surface area contributed by atoms with Gasteiger partial charge in [0, 0.05) is 16.5 Å². The zero-order valence-electron chi connectivity index (χ0n) is 8.50. The molecule has 0 spiro atoms. The van der Waals surface area contributed by atoms with Gasteiger partial charge in [-0.25, -0.2) is 4.99 Å². The number of hydrogen-bond donors (Lipinski definition) is 0. The van der Waals surface area contributed by atoms with E-state index in [2.05, 4.69) is 11.9 Å². The summed E-state index contributed by atoms with van der Waals surface area (Å²) in [5.74, 6) is 2.36. The molecule has 0 unspecified atom stereocenters. The van der Waals surface area contributed by atoms with E-state index >= 15 is 0 Å². The third kappa shape index (κ3) is 2.92. The van der Waals surface area contributed by atoms with E-state index in [0.717, 1.165) is 17.1 Å². The maximum absolute atomic E-state index is 5.95. The van der Waals surface area contributed by atoms with E-state index in [0.29, 0.717) is 0 Å². The van der Waals surface area contributed by atoms with Crippen molar-refractivity contribution >= 4 is 45.2 Å². The first-order valence-corrected chi connectivity index (χ1v) is 7.27. The standard InChI is InChI=1S/C11H12ClNS2/c1-2-8-7-9(12)3-4-10(8)13-11-14-5-6-15-11/h3-4,7H,2,5-6H2,1H3. The third-order valence-corrected chi connectivity index (χ3v) is 4.86. The Balaban J connectivity index is 2.30. The lowest BCUT2D eigenvalue weighted by Gasteiger charge is -2.04. The molecule has 1 aromatic carbocycles. The minimum atomic E-state index is 0.794. The zero-order valence-corrected chi connectivity index (χ0v) is 10.9. The largest absolute Gasteiger partial charge is 0.235 e. The van der Waals surface area contributed by atoms with Gasteiger partial charge in [-0.15, -0.1) is 0 Å². The lowest BCUT2D eigenvalue weighted by Crippen LogP contribution is -1.84. The van der Waals surface area contributed by atoms with E-state index in [1.54, 1.807) is 0 Å². The Kier molecular flexibility index (Phi) is 4.00. The van der Waals surface area contributed by atoms with Gasteiger partial charge < -0.3 is 0 Å². The Morgan fingerprint density at radius 3 is 2.73 bits per heavy atom. The van der Waals surface area contributed by atoms with E-state index in [4.69, 9.17) is 11.6 Å². The van der Waals surface area contributed by atoms with Crippen LogP contribution >= 0.6 is 35.1 Å². The highest BCUT2D eigenvalue weighted by molar-refractivity contribution is 8.41. The van der Waals surface area contributed by atoms with E-state index in [1.165, 1.54) is 21.4 Å². The van der Waals surface area contributed by atoms with Gasteiger partial charge in [0.15, 0.2) is 0 Å². The highest BCUT2D eigenvalue weighted by Gasteiger charge is 2.10. The fraction of sp³-hybridized carbons (Fsp3) is 0.364. The minimum absolute atomic E-state index is 0.794. The normalized spacial score (nSPS) is 15.7. The van der Waals surface area contributed by atoms with Crippen LogP contribution in [-0.4, -0.2) is 15.9 Å². The Hall–Kier alpha value is -0.120. The summed E-state index contributed by atoms with van der Waals surface area (Å²) in [5, 5.41) is 0.794. The lowest BCUT2D eigenvalue weighted by atomic mass is 10.1. The average Bonchev–Trinajstić information content (AvgIpc) is 2.73. The van der Waals surface area contributed by atoms with Crippen LogP contribution in [0.4, 0.5) is 5.69 Å². The molecule has 0 saturated carbocycles. The van der Waals surface area contributed by atoms with Gasteiger partial charge in [0.2, 0.25) is 0 Å². The molecule has 0 bridgehead atoms. The maximum atomic E-state index is 5.95. The molecule has 4 heteroatoms. The summed E-state index contributed by atoms with van der Waals surface area (Å²) in [6.07, 6.45) is 0.974. The quantitative estimate of drug-likeness (QED) is 0.780. The first-order valence-electron chi connectivity index (χ1n) is 4.92. The number of halogens is 1. The van der Waals surface area contributed by atoms with Crippen LogP contribution in [0, 0.1) is 0 Å². The number of aliphatic imine (C=N–C) groups is 1. The summed E-state index contributed by atoms with van der Waals surface area (Å²) in [6.45, 7) is 2.13. The smallest absolute Gasteiger partial charge is 0.130 e. The molecule has 80 valence electrons. The van der Waals surface area contributed by atoms with Crippen molar-refractivity contribution in [2.45, 2.75) is 13.3 Å². The molecule has 1 fully saturated rings. The van der Waals surface area contributed by atoms with Gasteiger partial charge in [-0.05, 0) is 30.2 Å². The van der Waals surface area contributed by atoms with E-state index < -0.39 is 0 Å². The molecule has 0 N–H and O–H groups in total. The number of hydrogen-bond acceptors (Lipinski definition) is 3. The molecule has 0 atom stereocenters. The molecule has 1 aliphatic heterocycles. The number of benzene rings is 1. The fourth-order valence-electron chi connectivity index (χ4n) is 1.41. The minimum Gasteiger partial charge on any atom is -0.235 e. The van der Waals surface area contributed by atoms with Gasteiger partial charge in [-0.1, -0.05) is 42.0 Å². The van der Waals surface area contributed by atoms with Crippen molar-refractivity contribution in [3.63, 3.8) is 0 Å². The second-order valence-corrected chi connectivity index (χ2v) is 6.06. The first-order chi connectivity index (χ1) is 7.29. The highest BCUT2D eigenvalue weighted by Crippen LogP contribution is 2.31. The van der Waals surface area contributed by atoms with Crippen LogP contribution in [0.25, 0.3) is 0 Å². The van der Waals surface area contributed by atoms with Gasteiger partial charge in [-0.3, -0.25) is 0 Å². The van der Waals surface area contributed by atoms with Crippen molar-refractivity contribution in [2.24, 2.45) is 4.99 Å². The zero-order chi connectivity index (χ0) is 10.7. The molecule has 15 heavy (non-hydrogen) atoms. The molecule has 0 radical (unpaired) electrons. The van der Waals surface area contributed by atoms with Crippen molar-refractivity contribution in [1.82, 2.24) is 0 Å². The molecular weight excluding hydrogens is 246 g/mol. The summed E-state index contributed by atoms with van der Waals surface area (Å²) in [6, 6.07) is 5.92. The summed E-state index contributed by atoms with van der Waals surface area (Å²) >= 11 is 9.63. The summed E-state index contributed by atoms with van der Waals surface area (Å²) in [5.41, 5.74) is 2.29. The SMILES string of the molecule is CCc1cc(Cl)ccc1N=C1SCCS1. The van der Waals surface area contributed by atoms with Gasteiger partial charge >= 0.3 is 0 Å². The lowest BCUT2D eigenvalue weighted by molar-refractivity contribution is 1.13. The highest BCUT2D eigenvalue weighted by atomic mass is 35.5. The van der Waals surface area contributed by atoms with Crippen molar-refractivity contribution < 1.29 is 0 Å². The summed E-state index contributed by atoms with van der Waals surface area (Å²) in [4.78, 5) is 4.65.